The number of aryl methyl sites for hydroxylation is 1. The molecule has 5 aromatic carbocycles. The Labute approximate surface area is 316 Å². The zero-order valence-electron chi connectivity index (χ0n) is 30.8. The number of ether oxygens (including phenoxy) is 1. The van der Waals surface area contributed by atoms with Crippen molar-refractivity contribution in [2.24, 2.45) is 20.7 Å². The maximum absolute atomic E-state index is 13.3. The summed E-state index contributed by atoms with van der Waals surface area (Å²) in [7, 11) is 0. The minimum atomic E-state index is -1.32. The van der Waals surface area contributed by atoms with Crippen molar-refractivity contribution in [1.29, 1.82) is 0 Å². The van der Waals surface area contributed by atoms with Crippen molar-refractivity contribution in [3.63, 3.8) is 0 Å². The maximum Gasteiger partial charge on any atom is 0.357 e. The fourth-order valence-electron chi connectivity index (χ4n) is 7.75. The van der Waals surface area contributed by atoms with Crippen LogP contribution in [-0.2, 0) is 28.8 Å². The smallest absolute Gasteiger partial charge is 0.357 e. The predicted octanol–water partition coefficient (Wildman–Crippen LogP) is 10.2. The van der Waals surface area contributed by atoms with Crippen LogP contribution in [0.25, 0.3) is 11.1 Å². The number of hydrogen-bond acceptors (Lipinski definition) is 8. The fourth-order valence-corrected chi connectivity index (χ4v) is 7.75. The van der Waals surface area contributed by atoms with Gasteiger partial charge in [-0.3, -0.25) is 0 Å². The molecule has 54 heavy (non-hydrogen) atoms. The van der Waals surface area contributed by atoms with Crippen molar-refractivity contribution in [2.75, 3.05) is 6.61 Å². The van der Waals surface area contributed by atoms with Crippen molar-refractivity contribution in [1.82, 2.24) is 9.55 Å². The van der Waals surface area contributed by atoms with Crippen LogP contribution in [0.5, 0.6) is 0 Å². The van der Waals surface area contributed by atoms with Crippen molar-refractivity contribution >= 4 is 5.97 Å². The van der Waals surface area contributed by atoms with Crippen LogP contribution >= 0.6 is 0 Å². The molecule has 0 saturated carbocycles. The molecule has 1 aliphatic heterocycles. The molecular weight excluding hydrogens is 673 g/mol. The Morgan fingerprint density at radius 1 is 0.759 bits per heavy atom. The average Bonchev–Trinajstić information content (AvgIpc) is 3.86. The number of aromatic nitrogens is 2. The molecule has 1 aliphatic rings. The minimum Gasteiger partial charge on any atom is -0.461 e. The molecule has 1 unspecified atom stereocenters. The Bertz CT molecular complexity index is 2140. The van der Waals surface area contributed by atoms with Crippen molar-refractivity contribution in [2.45, 2.75) is 63.8 Å². The summed E-state index contributed by atoms with van der Waals surface area (Å²) in [5, 5.41) is 29.1. The van der Waals surface area contributed by atoms with Crippen LogP contribution in [0, 0.1) is 0 Å². The van der Waals surface area contributed by atoms with E-state index >= 15 is 0 Å². The summed E-state index contributed by atoms with van der Waals surface area (Å²) >= 11 is 0. The highest BCUT2D eigenvalue weighted by Crippen LogP contribution is 2.58. The van der Waals surface area contributed by atoms with Crippen LogP contribution in [0.4, 0.5) is 0 Å². The molecule has 1 aromatic heterocycles. The summed E-state index contributed by atoms with van der Waals surface area (Å²) in [6.07, 6.45) is 1.64. The first-order valence-electron chi connectivity index (χ1n) is 18.6. The Kier molecular flexibility index (Phi) is 10.7. The third-order valence-corrected chi connectivity index (χ3v) is 10.2. The number of carbonyl (C=O) groups excluding carboxylic acids is 1. The second-order valence-corrected chi connectivity index (χ2v) is 13.5. The van der Waals surface area contributed by atoms with Gasteiger partial charge in [0.1, 0.15) is 11.5 Å². The Hall–Kier alpha value is -6.06. The molecule has 6 aromatic rings. The molecule has 1 atom stereocenters. The van der Waals surface area contributed by atoms with Gasteiger partial charge < -0.3 is 14.4 Å². The highest BCUT2D eigenvalue weighted by molar-refractivity contribution is 5.89. The molecule has 7 rings (SSSR count). The number of hydrogen-bond donors (Lipinski definition) is 1. The average molecular weight is 717 g/mol. The summed E-state index contributed by atoms with van der Waals surface area (Å²) < 4.78 is 7.35. The van der Waals surface area contributed by atoms with Gasteiger partial charge in [-0.1, -0.05) is 153 Å². The Morgan fingerprint density at radius 2 is 1.30 bits per heavy atom. The Morgan fingerprint density at radius 3 is 1.81 bits per heavy atom. The van der Waals surface area contributed by atoms with Crippen LogP contribution in [0.2, 0.25) is 0 Å². The minimum absolute atomic E-state index is 0.225. The van der Waals surface area contributed by atoms with E-state index in [2.05, 4.69) is 90.2 Å². The normalized spacial score (nSPS) is 13.9. The molecule has 2 heterocycles. The number of nitrogens with zero attached hydrogens (tertiary/aromatic N) is 6. The number of unbranched alkanes of at least 4 members (excludes halogenated alkanes) is 1. The predicted molar refractivity (Wildman–Crippen MR) is 209 cm³/mol. The SMILES string of the molecule is CCCCc1nc(C(C)O)c(C(=O)OCC)n1Cc1ccc(-c2ccccc2C2(C(c3ccccc3)(c3ccccc3)c3ccccc3)N=NN=N2)cc1. The number of benzene rings is 5. The van der Waals surface area contributed by atoms with Crippen LogP contribution in [0.1, 0.15) is 89.5 Å². The maximum atomic E-state index is 13.3. The zero-order chi connectivity index (χ0) is 37.5. The van der Waals surface area contributed by atoms with Crippen LogP contribution in [-0.4, -0.2) is 27.2 Å². The molecule has 0 amide bonds. The van der Waals surface area contributed by atoms with E-state index in [1.165, 1.54) is 0 Å². The van der Waals surface area contributed by atoms with E-state index in [1.807, 2.05) is 71.3 Å². The monoisotopic (exact) mass is 716 g/mol. The molecule has 0 spiro atoms. The summed E-state index contributed by atoms with van der Waals surface area (Å²) in [4.78, 5) is 18.0. The highest BCUT2D eigenvalue weighted by Gasteiger charge is 2.60. The highest BCUT2D eigenvalue weighted by atomic mass is 16.5. The van der Waals surface area contributed by atoms with Gasteiger partial charge in [-0.2, -0.15) is 0 Å². The van der Waals surface area contributed by atoms with Gasteiger partial charge in [-0.15, -0.1) is 10.2 Å². The van der Waals surface area contributed by atoms with Crippen LogP contribution < -0.4 is 0 Å². The van der Waals surface area contributed by atoms with Crippen molar-refractivity contribution in [3.8, 4) is 11.1 Å². The lowest BCUT2D eigenvalue weighted by Gasteiger charge is -2.45. The number of esters is 1. The molecule has 0 radical (unpaired) electrons. The largest absolute Gasteiger partial charge is 0.461 e. The molecule has 0 fully saturated rings. The van der Waals surface area contributed by atoms with E-state index in [0.717, 1.165) is 57.6 Å². The summed E-state index contributed by atoms with van der Waals surface area (Å²) in [5.74, 6) is 0.265. The first kappa shape index (κ1) is 36.3. The standard InChI is InChI=1S/C45H44N6O3/c1-4-6-26-40-46-41(32(3)52)42(43(53)54-5-2)51(40)31-33-27-29-34(30-28-33)38-24-16-17-25-39(38)45(47-49-50-48-45)44(35-18-10-7-11-19-35,36-20-12-8-13-21-36)37-22-14-9-15-23-37/h7-25,27-30,32,52H,4-6,26,31H2,1-3H3. The molecule has 0 saturated heterocycles. The van der Waals surface area contributed by atoms with E-state index in [9.17, 15) is 9.90 Å². The van der Waals surface area contributed by atoms with Gasteiger partial charge in [0.2, 0.25) is 5.66 Å². The van der Waals surface area contributed by atoms with E-state index in [1.54, 1.807) is 13.8 Å². The van der Waals surface area contributed by atoms with Gasteiger partial charge in [0, 0.05) is 18.5 Å². The lowest BCUT2D eigenvalue weighted by Crippen LogP contribution is -2.48. The number of aliphatic hydroxyl groups is 1. The molecule has 9 nitrogen and oxygen atoms in total. The summed E-state index contributed by atoms with van der Waals surface area (Å²) in [5.41, 5.74) is 5.08. The van der Waals surface area contributed by atoms with Crippen molar-refractivity contribution < 1.29 is 14.6 Å². The third kappa shape index (κ3) is 6.45. The van der Waals surface area contributed by atoms with E-state index in [4.69, 9.17) is 19.9 Å². The van der Waals surface area contributed by atoms with Crippen molar-refractivity contribution in [3.05, 3.63) is 185 Å². The summed E-state index contributed by atoms with van der Waals surface area (Å²) in [6.45, 7) is 6.14. The zero-order valence-corrected chi connectivity index (χ0v) is 30.8. The second-order valence-electron chi connectivity index (χ2n) is 13.5. The molecule has 0 aliphatic carbocycles. The lowest BCUT2D eigenvalue weighted by molar-refractivity contribution is 0.0506. The van der Waals surface area contributed by atoms with Crippen LogP contribution in [0.3, 0.4) is 0 Å². The molecular formula is C45H44N6O3. The number of aliphatic hydroxyl groups excluding tert-OH is 1. The van der Waals surface area contributed by atoms with Crippen LogP contribution in [0.15, 0.2) is 160 Å². The van der Waals surface area contributed by atoms with Gasteiger partial charge in [-0.05, 0) is 64.1 Å². The molecule has 272 valence electrons. The van der Waals surface area contributed by atoms with Gasteiger partial charge in [-0.25, -0.2) is 9.78 Å². The molecule has 0 bridgehead atoms. The van der Waals surface area contributed by atoms with E-state index in [0.29, 0.717) is 24.4 Å². The quantitative estimate of drug-likeness (QED) is 0.0893. The van der Waals surface area contributed by atoms with Gasteiger partial charge in [0.15, 0.2) is 5.69 Å². The fraction of sp³-hybridized carbons (Fsp3) is 0.244. The summed E-state index contributed by atoms with van der Waals surface area (Å²) in [6, 6.07) is 47.6. The molecule has 1 N–H and O–H groups in total. The van der Waals surface area contributed by atoms with Gasteiger partial charge in [0.25, 0.3) is 0 Å². The van der Waals surface area contributed by atoms with Gasteiger partial charge >= 0.3 is 5.97 Å². The topological polar surface area (TPSA) is 114 Å². The first-order chi connectivity index (χ1) is 26.4. The third-order valence-electron chi connectivity index (χ3n) is 10.2. The van der Waals surface area contributed by atoms with E-state index in [-0.39, 0.29) is 6.61 Å². The molecule has 9 heteroatoms. The number of carbonyl (C=O) groups is 1. The Balaban J connectivity index is 1.37. The second kappa shape index (κ2) is 15.9. The number of imidazole rings is 1. The number of rotatable bonds is 14. The van der Waals surface area contributed by atoms with E-state index < -0.39 is 23.2 Å². The first-order valence-corrected chi connectivity index (χ1v) is 18.6. The lowest BCUT2D eigenvalue weighted by atomic mass is 9.59. The van der Waals surface area contributed by atoms with Gasteiger partial charge in [0.05, 0.1) is 18.1 Å².